The van der Waals surface area contributed by atoms with Crippen LogP contribution < -0.4 is 0 Å². The lowest BCUT2D eigenvalue weighted by Gasteiger charge is -2.28. The number of halogens is 1. The summed E-state index contributed by atoms with van der Waals surface area (Å²) >= 11 is 3.43. The van der Waals surface area contributed by atoms with E-state index in [-0.39, 0.29) is 5.92 Å². The molecule has 104 valence electrons. The number of carboxylic acid groups (broad SMARTS) is 1. The van der Waals surface area contributed by atoms with Gasteiger partial charge in [0.05, 0.1) is 11.1 Å². The van der Waals surface area contributed by atoms with Crippen molar-refractivity contribution in [2.45, 2.75) is 38.5 Å². The molecule has 0 radical (unpaired) electrons. The molecule has 1 aromatic heterocycles. The molecule has 3 nitrogen and oxygen atoms in total. The van der Waals surface area contributed by atoms with Crippen LogP contribution in [0.2, 0.25) is 0 Å². The van der Waals surface area contributed by atoms with Crippen LogP contribution in [-0.2, 0) is 0 Å². The van der Waals surface area contributed by atoms with Crippen molar-refractivity contribution in [3.8, 4) is 0 Å². The van der Waals surface area contributed by atoms with Crippen LogP contribution in [0.5, 0.6) is 0 Å². The van der Waals surface area contributed by atoms with E-state index in [0.717, 1.165) is 39.5 Å². The number of hydrogen-bond donors (Lipinski definition) is 1. The van der Waals surface area contributed by atoms with E-state index in [1.807, 2.05) is 18.2 Å². The van der Waals surface area contributed by atoms with Crippen LogP contribution in [0.25, 0.3) is 10.9 Å². The number of fused-ring (bicyclic) bond motifs is 2. The van der Waals surface area contributed by atoms with E-state index in [1.54, 1.807) is 0 Å². The summed E-state index contributed by atoms with van der Waals surface area (Å²) in [4.78, 5) is 16.5. The Morgan fingerprint density at radius 1 is 1.30 bits per heavy atom. The Morgan fingerprint density at radius 2 is 2.00 bits per heavy atom. The van der Waals surface area contributed by atoms with Crippen LogP contribution in [0.3, 0.4) is 0 Å². The van der Waals surface area contributed by atoms with E-state index in [4.69, 9.17) is 4.98 Å². The highest BCUT2D eigenvalue weighted by Crippen LogP contribution is 2.41. The van der Waals surface area contributed by atoms with Gasteiger partial charge in [-0.1, -0.05) is 35.8 Å². The van der Waals surface area contributed by atoms with Crippen LogP contribution in [0.4, 0.5) is 0 Å². The molecule has 2 aromatic rings. The third-order valence-corrected chi connectivity index (χ3v) is 4.71. The van der Waals surface area contributed by atoms with Crippen LogP contribution in [0.1, 0.15) is 60.1 Å². The molecule has 2 unspecified atom stereocenters. The molecule has 1 heterocycles. The second-order valence-corrected chi connectivity index (χ2v) is 6.55. The molecule has 3 rings (SSSR count). The molecule has 1 aromatic carbocycles. The Balaban J connectivity index is 2.44. The number of rotatable bonds is 1. The van der Waals surface area contributed by atoms with Crippen LogP contribution in [-0.4, -0.2) is 16.1 Å². The maximum Gasteiger partial charge on any atom is 0.336 e. The maximum absolute atomic E-state index is 11.8. The van der Waals surface area contributed by atoms with Crippen molar-refractivity contribution in [2.24, 2.45) is 0 Å². The normalized spacial score (nSPS) is 21.8. The van der Waals surface area contributed by atoms with E-state index in [2.05, 4.69) is 29.8 Å². The first-order valence-electron chi connectivity index (χ1n) is 6.85. The summed E-state index contributed by atoms with van der Waals surface area (Å²) in [7, 11) is 0. The van der Waals surface area contributed by atoms with E-state index in [0.29, 0.717) is 11.5 Å². The summed E-state index contributed by atoms with van der Waals surface area (Å²) < 4.78 is 0.922. The number of nitrogens with zero attached hydrogens (tertiary/aromatic N) is 1. The molecule has 4 heteroatoms. The molecule has 20 heavy (non-hydrogen) atoms. The minimum absolute atomic E-state index is 0.257. The number of hydrogen-bond acceptors (Lipinski definition) is 2. The fraction of sp³-hybridized carbons (Fsp3) is 0.375. The molecule has 0 spiro atoms. The van der Waals surface area contributed by atoms with Gasteiger partial charge >= 0.3 is 5.97 Å². The third-order valence-electron chi connectivity index (χ3n) is 4.22. The van der Waals surface area contributed by atoms with Gasteiger partial charge in [-0.25, -0.2) is 4.79 Å². The lowest BCUT2D eigenvalue weighted by atomic mass is 9.78. The maximum atomic E-state index is 11.8. The average molecular weight is 334 g/mol. The highest BCUT2D eigenvalue weighted by molar-refractivity contribution is 9.10. The van der Waals surface area contributed by atoms with Gasteiger partial charge in [-0.15, -0.1) is 0 Å². The second kappa shape index (κ2) is 4.85. The third kappa shape index (κ3) is 2.03. The van der Waals surface area contributed by atoms with E-state index in [1.165, 1.54) is 0 Å². The summed E-state index contributed by atoms with van der Waals surface area (Å²) in [5.41, 5.74) is 3.10. The van der Waals surface area contributed by atoms with Gasteiger partial charge in [-0.3, -0.25) is 4.98 Å². The number of aromatic nitrogens is 1. The second-order valence-electron chi connectivity index (χ2n) is 5.63. The van der Waals surface area contributed by atoms with Crippen molar-refractivity contribution in [2.75, 3.05) is 0 Å². The van der Waals surface area contributed by atoms with Gasteiger partial charge in [0.15, 0.2) is 0 Å². The molecule has 0 amide bonds. The van der Waals surface area contributed by atoms with Gasteiger partial charge in [0.1, 0.15) is 0 Å². The lowest BCUT2D eigenvalue weighted by Crippen LogP contribution is -2.18. The number of aromatic carboxylic acids is 1. The van der Waals surface area contributed by atoms with Crippen molar-refractivity contribution in [1.29, 1.82) is 0 Å². The SMILES string of the molecule is CC1CCC(C)c2c1nc1cc(Br)ccc1c2C(=O)O. The smallest absolute Gasteiger partial charge is 0.336 e. The average Bonchev–Trinajstić information content (AvgIpc) is 2.40. The zero-order valence-electron chi connectivity index (χ0n) is 11.5. The van der Waals surface area contributed by atoms with Gasteiger partial charge in [0, 0.05) is 15.6 Å². The first kappa shape index (κ1) is 13.6. The van der Waals surface area contributed by atoms with Crippen molar-refractivity contribution in [1.82, 2.24) is 4.98 Å². The minimum atomic E-state index is -0.850. The van der Waals surface area contributed by atoms with Crippen LogP contribution >= 0.6 is 15.9 Å². The molecular formula is C16H16BrNO2. The molecule has 0 saturated heterocycles. The summed E-state index contributed by atoms with van der Waals surface area (Å²) in [6.45, 7) is 4.23. The van der Waals surface area contributed by atoms with E-state index in [9.17, 15) is 9.90 Å². The molecule has 2 atom stereocenters. The predicted octanol–water partition coefficient (Wildman–Crippen LogP) is 4.70. The topological polar surface area (TPSA) is 50.2 Å². The monoisotopic (exact) mass is 333 g/mol. The minimum Gasteiger partial charge on any atom is -0.478 e. The van der Waals surface area contributed by atoms with Gasteiger partial charge in [0.2, 0.25) is 0 Å². The molecule has 0 bridgehead atoms. The van der Waals surface area contributed by atoms with Crippen molar-refractivity contribution < 1.29 is 9.90 Å². The Kier molecular flexibility index (Phi) is 3.28. The summed E-state index contributed by atoms with van der Waals surface area (Å²) in [5.74, 6) is -0.271. The number of carbonyl (C=O) groups is 1. The Bertz CT molecular complexity index is 711. The molecule has 1 aliphatic rings. The van der Waals surface area contributed by atoms with E-state index >= 15 is 0 Å². The first-order valence-corrected chi connectivity index (χ1v) is 7.64. The van der Waals surface area contributed by atoms with Gasteiger partial charge < -0.3 is 5.11 Å². The largest absolute Gasteiger partial charge is 0.478 e. The number of pyridine rings is 1. The zero-order valence-corrected chi connectivity index (χ0v) is 13.1. The van der Waals surface area contributed by atoms with Gasteiger partial charge in [-0.05, 0) is 42.4 Å². The van der Waals surface area contributed by atoms with Crippen molar-refractivity contribution in [3.63, 3.8) is 0 Å². The highest BCUT2D eigenvalue weighted by atomic mass is 79.9. The summed E-state index contributed by atoms with van der Waals surface area (Å²) in [6, 6.07) is 5.62. The Hall–Kier alpha value is -1.42. The lowest BCUT2D eigenvalue weighted by molar-refractivity contribution is 0.0696. The Morgan fingerprint density at radius 3 is 2.70 bits per heavy atom. The Labute approximate surface area is 126 Å². The molecule has 1 N–H and O–H groups in total. The molecule has 1 aliphatic carbocycles. The summed E-state index contributed by atoms with van der Waals surface area (Å²) in [6.07, 6.45) is 2.10. The van der Waals surface area contributed by atoms with Crippen LogP contribution in [0, 0.1) is 0 Å². The fourth-order valence-corrected chi connectivity index (χ4v) is 3.51. The zero-order chi connectivity index (χ0) is 14.4. The van der Waals surface area contributed by atoms with Gasteiger partial charge in [-0.2, -0.15) is 0 Å². The van der Waals surface area contributed by atoms with Crippen LogP contribution in [0.15, 0.2) is 22.7 Å². The predicted molar refractivity (Wildman–Crippen MR) is 82.5 cm³/mol. The fourth-order valence-electron chi connectivity index (χ4n) is 3.16. The first-order chi connectivity index (χ1) is 9.49. The number of benzene rings is 1. The highest BCUT2D eigenvalue weighted by Gasteiger charge is 2.30. The van der Waals surface area contributed by atoms with Crippen molar-refractivity contribution >= 4 is 32.8 Å². The number of carboxylic acids is 1. The van der Waals surface area contributed by atoms with Crippen molar-refractivity contribution in [3.05, 3.63) is 39.5 Å². The molecule has 0 fully saturated rings. The van der Waals surface area contributed by atoms with Gasteiger partial charge in [0.25, 0.3) is 0 Å². The summed E-state index contributed by atoms with van der Waals surface area (Å²) in [5, 5.41) is 10.4. The van der Waals surface area contributed by atoms with E-state index < -0.39 is 5.97 Å². The quantitative estimate of drug-likeness (QED) is 0.823. The molecular weight excluding hydrogens is 318 g/mol. The molecule has 0 aliphatic heterocycles. The standard InChI is InChI=1S/C16H16BrNO2/c1-8-3-4-9(2)15-13(8)14(16(19)20)11-6-5-10(17)7-12(11)18-15/h5-9H,3-4H2,1-2H3,(H,19,20). The molecule has 0 saturated carbocycles.